The van der Waals surface area contributed by atoms with Gasteiger partial charge in [0.25, 0.3) is 5.91 Å². The summed E-state index contributed by atoms with van der Waals surface area (Å²) in [7, 11) is 0. The number of esters is 1. The third-order valence-electron chi connectivity index (χ3n) is 6.98. The van der Waals surface area contributed by atoms with Gasteiger partial charge in [0, 0.05) is 12.0 Å². The molecule has 5 aliphatic rings. The molecule has 0 spiro atoms. The lowest BCUT2D eigenvalue weighted by Gasteiger charge is -2.55. The number of ketones is 1. The minimum absolute atomic E-state index is 0.0293. The highest BCUT2D eigenvalue weighted by Crippen LogP contribution is 2.60. The molecule has 0 aromatic heterocycles. The Morgan fingerprint density at radius 2 is 1.63 bits per heavy atom. The average Bonchev–Trinajstić information content (AvgIpc) is 2.77. The van der Waals surface area contributed by atoms with E-state index in [0.29, 0.717) is 17.8 Å². The first-order chi connectivity index (χ1) is 12.7. The van der Waals surface area contributed by atoms with Crippen LogP contribution in [-0.4, -0.2) is 47.3 Å². The van der Waals surface area contributed by atoms with E-state index < -0.39 is 17.5 Å². The summed E-state index contributed by atoms with van der Waals surface area (Å²) in [4.78, 5) is 49.9. The van der Waals surface area contributed by atoms with Crippen molar-refractivity contribution in [2.24, 2.45) is 23.2 Å². The first-order valence-electron chi connectivity index (χ1n) is 10.0. The van der Waals surface area contributed by atoms with Crippen LogP contribution in [0.15, 0.2) is 0 Å². The van der Waals surface area contributed by atoms with Gasteiger partial charge in [-0.3, -0.25) is 19.3 Å². The van der Waals surface area contributed by atoms with Crippen LogP contribution in [0.25, 0.3) is 0 Å². The summed E-state index contributed by atoms with van der Waals surface area (Å²) in [5, 5.41) is 2.57. The van der Waals surface area contributed by atoms with Crippen LogP contribution in [0.1, 0.15) is 58.8 Å². The zero-order valence-electron chi connectivity index (χ0n) is 16.1. The van der Waals surface area contributed by atoms with Crippen LogP contribution in [0.5, 0.6) is 0 Å². The Bertz CT molecular complexity index is 663. The molecule has 148 valence electrons. The Kier molecular flexibility index (Phi) is 4.31. The minimum Gasteiger partial charge on any atom is -0.458 e. The molecule has 0 atom stereocenters. The summed E-state index contributed by atoms with van der Waals surface area (Å²) < 4.78 is 5.22. The molecule has 1 aliphatic heterocycles. The molecule has 0 aromatic rings. The van der Waals surface area contributed by atoms with Gasteiger partial charge in [-0.2, -0.15) is 0 Å². The number of carbonyl (C=O) groups excluding carboxylic acids is 4. The van der Waals surface area contributed by atoms with E-state index in [1.165, 1.54) is 19.3 Å². The molecule has 4 saturated carbocycles. The van der Waals surface area contributed by atoms with Gasteiger partial charge in [0.2, 0.25) is 0 Å². The Morgan fingerprint density at radius 3 is 2.11 bits per heavy atom. The van der Waals surface area contributed by atoms with Gasteiger partial charge in [0.15, 0.2) is 12.4 Å². The van der Waals surface area contributed by atoms with Crippen molar-refractivity contribution in [3.63, 3.8) is 0 Å². The summed E-state index contributed by atoms with van der Waals surface area (Å²) in [6.45, 7) is 3.03. The number of nitrogens with one attached hydrogen (secondary N) is 1. The van der Waals surface area contributed by atoms with Crippen LogP contribution < -0.4 is 5.32 Å². The summed E-state index contributed by atoms with van der Waals surface area (Å²) in [6, 6.07) is -0.498. The van der Waals surface area contributed by atoms with Gasteiger partial charge in [-0.1, -0.05) is 0 Å². The van der Waals surface area contributed by atoms with E-state index in [-0.39, 0.29) is 36.7 Å². The molecule has 1 N–H and O–H groups in total. The molecule has 1 saturated heterocycles. The van der Waals surface area contributed by atoms with Gasteiger partial charge in [-0.05, 0) is 70.1 Å². The Labute approximate surface area is 159 Å². The summed E-state index contributed by atoms with van der Waals surface area (Å²) in [5.74, 6) is 1.16. The maximum absolute atomic E-state index is 12.8. The van der Waals surface area contributed by atoms with Crippen molar-refractivity contribution in [3.05, 3.63) is 0 Å². The lowest BCUT2D eigenvalue weighted by atomic mass is 9.48. The summed E-state index contributed by atoms with van der Waals surface area (Å²) in [6.07, 6.45) is 6.54. The maximum Gasteiger partial charge on any atom is 0.325 e. The predicted octanol–water partition coefficient (Wildman–Crippen LogP) is 2.04. The molecule has 7 nitrogen and oxygen atoms in total. The third kappa shape index (κ3) is 3.25. The van der Waals surface area contributed by atoms with Gasteiger partial charge in [0.05, 0.1) is 6.42 Å². The van der Waals surface area contributed by atoms with Gasteiger partial charge in [0.1, 0.15) is 5.54 Å². The largest absolute Gasteiger partial charge is 0.458 e. The fourth-order valence-electron chi connectivity index (χ4n) is 6.05. The molecule has 0 aromatic carbocycles. The number of nitrogens with zero attached hydrogens (tertiary/aromatic N) is 1. The fourth-order valence-corrected chi connectivity index (χ4v) is 6.05. The number of hydrogen-bond acceptors (Lipinski definition) is 5. The van der Waals surface area contributed by atoms with Gasteiger partial charge >= 0.3 is 12.0 Å². The maximum atomic E-state index is 12.8. The quantitative estimate of drug-likeness (QED) is 0.566. The van der Waals surface area contributed by atoms with E-state index >= 15 is 0 Å². The lowest BCUT2D eigenvalue weighted by molar-refractivity contribution is -0.157. The van der Waals surface area contributed by atoms with Gasteiger partial charge < -0.3 is 10.1 Å². The highest BCUT2D eigenvalue weighted by Gasteiger charge is 2.54. The topological polar surface area (TPSA) is 92.8 Å². The van der Waals surface area contributed by atoms with Crippen LogP contribution >= 0.6 is 0 Å². The van der Waals surface area contributed by atoms with Crippen molar-refractivity contribution in [2.75, 3.05) is 13.2 Å². The molecular weight excluding hydrogens is 348 g/mol. The fraction of sp³-hybridized carbons (Fsp3) is 0.800. The zero-order chi connectivity index (χ0) is 19.4. The number of Topliss-reactive ketones (excluding diaryl/α,β-unsaturated/α-hetero) is 1. The number of carbonyl (C=O) groups is 4. The Balaban J connectivity index is 1.27. The SMILES string of the molecule is CC1(C)NC(=O)N(CCC(=O)OCC(=O)C23CC4CC(CC(C4)C2)C3)C1=O. The normalized spacial score (nSPS) is 36.1. The Hall–Kier alpha value is -1.92. The second-order valence-corrected chi connectivity index (χ2v) is 9.54. The number of rotatable bonds is 6. The first-order valence-corrected chi connectivity index (χ1v) is 10.0. The van der Waals surface area contributed by atoms with Crippen LogP contribution in [0.2, 0.25) is 0 Å². The smallest absolute Gasteiger partial charge is 0.325 e. The molecule has 5 rings (SSSR count). The van der Waals surface area contributed by atoms with Crippen molar-refractivity contribution < 1.29 is 23.9 Å². The number of amides is 3. The molecule has 3 amide bonds. The Morgan fingerprint density at radius 1 is 1.07 bits per heavy atom. The number of urea groups is 1. The second-order valence-electron chi connectivity index (χ2n) is 9.54. The highest BCUT2D eigenvalue weighted by atomic mass is 16.5. The van der Waals surface area contributed by atoms with Crippen LogP contribution in [0, 0.1) is 23.2 Å². The highest BCUT2D eigenvalue weighted by molar-refractivity contribution is 6.06. The molecule has 27 heavy (non-hydrogen) atoms. The van der Waals surface area contributed by atoms with Crippen molar-refractivity contribution in [2.45, 2.75) is 64.3 Å². The van der Waals surface area contributed by atoms with Gasteiger partial charge in [-0.25, -0.2) is 4.79 Å². The zero-order valence-corrected chi connectivity index (χ0v) is 16.1. The van der Waals surface area contributed by atoms with E-state index in [2.05, 4.69) is 5.32 Å². The number of hydrogen-bond donors (Lipinski definition) is 1. The molecule has 0 radical (unpaired) electrons. The van der Waals surface area contributed by atoms with Gasteiger partial charge in [-0.15, -0.1) is 0 Å². The molecule has 4 bridgehead atoms. The number of imide groups is 1. The summed E-state index contributed by atoms with van der Waals surface area (Å²) >= 11 is 0. The van der Waals surface area contributed by atoms with E-state index in [0.717, 1.165) is 24.2 Å². The monoisotopic (exact) mass is 376 g/mol. The van der Waals surface area contributed by atoms with Crippen molar-refractivity contribution in [1.82, 2.24) is 10.2 Å². The van der Waals surface area contributed by atoms with Crippen molar-refractivity contribution in [1.29, 1.82) is 0 Å². The van der Waals surface area contributed by atoms with Crippen LogP contribution in [0.3, 0.4) is 0 Å². The minimum atomic E-state index is -0.949. The standard InChI is InChI=1S/C20H28N2O5/c1-19(2)17(25)22(18(26)21-19)4-3-16(24)27-11-15(23)20-8-12-5-13(9-20)7-14(6-12)10-20/h12-14H,3-11H2,1-2H3,(H,21,26). The predicted molar refractivity (Wildman–Crippen MR) is 95.5 cm³/mol. The van der Waals surface area contributed by atoms with E-state index in [1.807, 2.05) is 0 Å². The van der Waals surface area contributed by atoms with Crippen LogP contribution in [-0.2, 0) is 19.1 Å². The first kappa shape index (κ1) is 18.4. The number of ether oxygens (including phenoxy) is 1. The van der Waals surface area contributed by atoms with Crippen molar-refractivity contribution in [3.8, 4) is 0 Å². The molecule has 5 fully saturated rings. The van der Waals surface area contributed by atoms with Crippen LogP contribution in [0.4, 0.5) is 4.79 Å². The average molecular weight is 376 g/mol. The molecule has 7 heteroatoms. The van der Waals surface area contributed by atoms with E-state index in [1.54, 1.807) is 13.8 Å². The molecule has 0 unspecified atom stereocenters. The second kappa shape index (κ2) is 6.31. The molecular formula is C20H28N2O5. The molecule has 4 aliphatic carbocycles. The lowest BCUT2D eigenvalue weighted by Crippen LogP contribution is -2.51. The third-order valence-corrected chi connectivity index (χ3v) is 6.98. The van der Waals surface area contributed by atoms with Crippen molar-refractivity contribution >= 4 is 23.7 Å². The molecule has 1 heterocycles. The summed E-state index contributed by atoms with van der Waals surface area (Å²) in [5.41, 5.74) is -1.22. The van der Waals surface area contributed by atoms with E-state index in [4.69, 9.17) is 4.74 Å². The van der Waals surface area contributed by atoms with E-state index in [9.17, 15) is 19.2 Å².